The first-order valence-corrected chi connectivity index (χ1v) is 5.31. The Morgan fingerprint density at radius 3 is 3.14 bits per heavy atom. The molecular weight excluding hydrogens is 198 g/mol. The van der Waals surface area contributed by atoms with Crippen LogP contribution in [0.5, 0.6) is 0 Å². The third-order valence-corrected chi connectivity index (χ3v) is 3.44. The minimum Gasteiger partial charge on any atom is -0.465 e. The van der Waals surface area contributed by atoms with Crippen molar-refractivity contribution in [2.45, 2.75) is 10.9 Å². The molecule has 1 aliphatic rings. The number of fused-ring (bicyclic) bond motifs is 1. The van der Waals surface area contributed by atoms with Crippen LogP contribution in [-0.4, -0.2) is 18.8 Å². The largest absolute Gasteiger partial charge is 0.465 e. The maximum absolute atomic E-state index is 11.2. The van der Waals surface area contributed by atoms with Gasteiger partial charge in [-0.2, -0.15) is 0 Å². The molecule has 1 aromatic rings. The summed E-state index contributed by atoms with van der Waals surface area (Å²) in [5.41, 5.74) is 7.59. The van der Waals surface area contributed by atoms with Crippen LogP contribution in [0, 0.1) is 0 Å². The van der Waals surface area contributed by atoms with Crippen molar-refractivity contribution in [3.05, 3.63) is 29.3 Å². The second-order valence-electron chi connectivity index (χ2n) is 3.16. The summed E-state index contributed by atoms with van der Waals surface area (Å²) in [7, 11) is 1.38. The molecule has 1 atom stereocenters. The molecule has 0 radical (unpaired) electrons. The lowest BCUT2D eigenvalue weighted by Gasteiger charge is -2.04. The maximum Gasteiger partial charge on any atom is 0.337 e. The monoisotopic (exact) mass is 209 g/mol. The number of hydrogen-bond donors (Lipinski definition) is 1. The van der Waals surface area contributed by atoms with E-state index in [2.05, 4.69) is 4.74 Å². The number of benzene rings is 1. The molecule has 0 saturated heterocycles. The van der Waals surface area contributed by atoms with Crippen molar-refractivity contribution in [3.63, 3.8) is 0 Å². The Labute approximate surface area is 86.6 Å². The van der Waals surface area contributed by atoms with Gasteiger partial charge in [0.25, 0.3) is 0 Å². The average Bonchev–Trinajstić information content (AvgIpc) is 2.59. The summed E-state index contributed by atoms with van der Waals surface area (Å²) in [6, 6.07) is 5.61. The van der Waals surface area contributed by atoms with Crippen LogP contribution >= 0.6 is 11.8 Å². The van der Waals surface area contributed by atoms with Crippen LogP contribution in [0.1, 0.15) is 22.0 Å². The zero-order valence-corrected chi connectivity index (χ0v) is 8.64. The highest BCUT2D eigenvalue weighted by molar-refractivity contribution is 7.99. The van der Waals surface area contributed by atoms with E-state index in [4.69, 9.17) is 5.73 Å². The van der Waals surface area contributed by atoms with E-state index < -0.39 is 0 Å². The van der Waals surface area contributed by atoms with E-state index in [0.717, 1.165) is 16.2 Å². The third-order valence-electron chi connectivity index (χ3n) is 2.25. The number of esters is 1. The molecule has 74 valence electrons. The van der Waals surface area contributed by atoms with Gasteiger partial charge in [0.15, 0.2) is 0 Å². The van der Waals surface area contributed by atoms with Gasteiger partial charge in [-0.05, 0) is 17.7 Å². The molecule has 1 aliphatic heterocycles. The molecule has 14 heavy (non-hydrogen) atoms. The molecule has 0 spiro atoms. The van der Waals surface area contributed by atoms with Gasteiger partial charge in [0.05, 0.1) is 12.7 Å². The van der Waals surface area contributed by atoms with Crippen molar-refractivity contribution in [3.8, 4) is 0 Å². The van der Waals surface area contributed by atoms with E-state index >= 15 is 0 Å². The number of hydrogen-bond acceptors (Lipinski definition) is 4. The second kappa shape index (κ2) is 3.63. The van der Waals surface area contributed by atoms with E-state index in [-0.39, 0.29) is 12.0 Å². The quantitative estimate of drug-likeness (QED) is 0.713. The Hall–Kier alpha value is -1.00. The molecule has 0 saturated carbocycles. The molecule has 1 heterocycles. The summed E-state index contributed by atoms with van der Waals surface area (Å²) >= 11 is 1.69. The van der Waals surface area contributed by atoms with Gasteiger partial charge in [-0.25, -0.2) is 4.79 Å². The summed E-state index contributed by atoms with van der Waals surface area (Å²) in [4.78, 5) is 12.3. The van der Waals surface area contributed by atoms with Crippen LogP contribution in [0.25, 0.3) is 0 Å². The lowest BCUT2D eigenvalue weighted by atomic mass is 10.1. The Morgan fingerprint density at radius 2 is 2.43 bits per heavy atom. The van der Waals surface area contributed by atoms with Gasteiger partial charge in [-0.3, -0.25) is 0 Å². The fourth-order valence-corrected chi connectivity index (χ4v) is 2.61. The molecule has 4 heteroatoms. The summed E-state index contributed by atoms with van der Waals surface area (Å²) < 4.78 is 4.64. The van der Waals surface area contributed by atoms with Gasteiger partial charge >= 0.3 is 5.97 Å². The number of rotatable bonds is 1. The Bertz CT molecular complexity index is 378. The predicted molar refractivity (Wildman–Crippen MR) is 55.4 cm³/mol. The van der Waals surface area contributed by atoms with Crippen LogP contribution in [0.2, 0.25) is 0 Å². The van der Waals surface area contributed by atoms with Gasteiger partial charge < -0.3 is 10.5 Å². The maximum atomic E-state index is 11.2. The van der Waals surface area contributed by atoms with Gasteiger partial charge in [-0.15, -0.1) is 11.8 Å². The number of ether oxygens (including phenoxy) is 1. The Kier molecular flexibility index (Phi) is 2.48. The molecular formula is C10H11NO2S. The molecule has 2 N–H and O–H groups in total. The molecule has 1 unspecified atom stereocenters. The first-order chi connectivity index (χ1) is 6.72. The van der Waals surface area contributed by atoms with Crippen molar-refractivity contribution >= 4 is 17.7 Å². The first kappa shape index (κ1) is 9.55. The van der Waals surface area contributed by atoms with Crippen molar-refractivity contribution in [1.82, 2.24) is 0 Å². The van der Waals surface area contributed by atoms with Gasteiger partial charge in [-0.1, -0.05) is 6.07 Å². The molecule has 1 aromatic carbocycles. The predicted octanol–water partition coefficient (Wildman–Crippen LogP) is 1.58. The molecule has 3 nitrogen and oxygen atoms in total. The van der Waals surface area contributed by atoms with Crippen LogP contribution in [0.15, 0.2) is 23.1 Å². The highest BCUT2D eigenvalue weighted by atomic mass is 32.2. The van der Waals surface area contributed by atoms with E-state index in [9.17, 15) is 4.79 Å². The van der Waals surface area contributed by atoms with E-state index in [0.29, 0.717) is 5.56 Å². The van der Waals surface area contributed by atoms with Gasteiger partial charge in [0.2, 0.25) is 0 Å². The molecule has 0 bridgehead atoms. The second-order valence-corrected chi connectivity index (χ2v) is 4.22. The summed E-state index contributed by atoms with van der Waals surface area (Å²) in [5.74, 6) is 0.592. The minimum absolute atomic E-state index is 0.0988. The fourth-order valence-electron chi connectivity index (χ4n) is 1.48. The fraction of sp³-hybridized carbons (Fsp3) is 0.300. The number of carbonyl (C=O) groups is 1. The molecule has 0 fully saturated rings. The van der Waals surface area contributed by atoms with Crippen molar-refractivity contribution < 1.29 is 9.53 Å². The average molecular weight is 209 g/mol. The van der Waals surface area contributed by atoms with Crippen LogP contribution < -0.4 is 5.73 Å². The molecule has 0 aromatic heterocycles. The molecule has 0 aliphatic carbocycles. The molecule has 0 amide bonds. The van der Waals surface area contributed by atoms with Crippen LogP contribution in [0.3, 0.4) is 0 Å². The summed E-state index contributed by atoms with van der Waals surface area (Å²) in [6.45, 7) is 0. The van der Waals surface area contributed by atoms with Crippen molar-refractivity contribution in [1.29, 1.82) is 0 Å². The zero-order chi connectivity index (χ0) is 10.1. The molecule has 2 rings (SSSR count). The van der Waals surface area contributed by atoms with Gasteiger partial charge in [0.1, 0.15) is 0 Å². The lowest BCUT2D eigenvalue weighted by Crippen LogP contribution is -2.08. The normalized spacial score (nSPS) is 19.1. The zero-order valence-electron chi connectivity index (χ0n) is 7.82. The van der Waals surface area contributed by atoms with E-state index in [1.807, 2.05) is 12.1 Å². The Balaban J connectivity index is 2.37. The SMILES string of the molecule is COC(=O)c1ccc2c(c1)SCC2N. The lowest BCUT2D eigenvalue weighted by molar-refractivity contribution is 0.0600. The van der Waals surface area contributed by atoms with Gasteiger partial charge in [0, 0.05) is 16.7 Å². The topological polar surface area (TPSA) is 52.3 Å². The number of thioether (sulfide) groups is 1. The van der Waals surface area contributed by atoms with E-state index in [1.54, 1.807) is 17.8 Å². The van der Waals surface area contributed by atoms with Crippen molar-refractivity contribution in [2.75, 3.05) is 12.9 Å². The summed E-state index contributed by atoms with van der Waals surface area (Å²) in [6.07, 6.45) is 0. The summed E-state index contributed by atoms with van der Waals surface area (Å²) in [5, 5.41) is 0. The number of carbonyl (C=O) groups excluding carboxylic acids is 1. The van der Waals surface area contributed by atoms with Crippen molar-refractivity contribution in [2.24, 2.45) is 5.73 Å². The first-order valence-electron chi connectivity index (χ1n) is 4.33. The smallest absolute Gasteiger partial charge is 0.337 e. The third kappa shape index (κ3) is 1.51. The standard InChI is InChI=1S/C10H11NO2S/c1-13-10(12)6-2-3-7-8(11)5-14-9(7)4-6/h2-4,8H,5,11H2,1H3. The Morgan fingerprint density at radius 1 is 1.64 bits per heavy atom. The highest BCUT2D eigenvalue weighted by Gasteiger charge is 2.20. The number of nitrogens with two attached hydrogens (primary N) is 1. The highest BCUT2D eigenvalue weighted by Crippen LogP contribution is 2.37. The number of methoxy groups -OCH3 is 1. The minimum atomic E-state index is -0.297. The van der Waals surface area contributed by atoms with Crippen LogP contribution in [-0.2, 0) is 4.74 Å². The van der Waals surface area contributed by atoms with E-state index in [1.165, 1.54) is 7.11 Å². The van der Waals surface area contributed by atoms with Crippen LogP contribution in [0.4, 0.5) is 0 Å².